The lowest BCUT2D eigenvalue weighted by atomic mass is 9.90. The number of rotatable bonds is 4. The standard InChI is InChI=1S/C23H30N4O/c1-18-8-13-26(14-9-18)22(28)21-7-12-24-23(25-21)27-15-10-20(11-16-27)17-19-5-3-2-4-6-19/h2-7,12,18,20H,8-11,13-17H2,1H3. The van der Waals surface area contributed by atoms with Crippen LogP contribution in [0.15, 0.2) is 42.6 Å². The van der Waals surface area contributed by atoms with E-state index >= 15 is 0 Å². The predicted molar refractivity (Wildman–Crippen MR) is 111 cm³/mol. The average molecular weight is 379 g/mol. The normalized spacial score (nSPS) is 19.0. The highest BCUT2D eigenvalue weighted by Crippen LogP contribution is 2.24. The Morgan fingerprint density at radius 2 is 1.71 bits per heavy atom. The maximum Gasteiger partial charge on any atom is 0.272 e. The molecule has 4 rings (SSSR count). The number of aromatic nitrogens is 2. The molecule has 0 saturated carbocycles. The van der Waals surface area contributed by atoms with Gasteiger partial charge in [0, 0.05) is 32.4 Å². The van der Waals surface area contributed by atoms with Crippen molar-refractivity contribution in [3.8, 4) is 0 Å². The summed E-state index contributed by atoms with van der Waals surface area (Å²) < 4.78 is 0. The molecule has 0 atom stereocenters. The number of benzene rings is 1. The maximum atomic E-state index is 12.8. The van der Waals surface area contributed by atoms with Crippen molar-refractivity contribution in [1.82, 2.24) is 14.9 Å². The summed E-state index contributed by atoms with van der Waals surface area (Å²) in [6, 6.07) is 12.5. The molecule has 0 bridgehead atoms. The molecule has 0 spiro atoms. The summed E-state index contributed by atoms with van der Waals surface area (Å²) in [4.78, 5) is 26.1. The zero-order valence-electron chi connectivity index (χ0n) is 16.8. The fourth-order valence-corrected chi connectivity index (χ4v) is 4.28. The molecule has 0 unspecified atom stereocenters. The maximum absolute atomic E-state index is 12.8. The van der Waals surface area contributed by atoms with Crippen molar-refractivity contribution in [3.63, 3.8) is 0 Å². The monoisotopic (exact) mass is 378 g/mol. The van der Waals surface area contributed by atoms with Crippen LogP contribution in [-0.4, -0.2) is 47.0 Å². The van der Waals surface area contributed by atoms with Gasteiger partial charge in [-0.15, -0.1) is 0 Å². The summed E-state index contributed by atoms with van der Waals surface area (Å²) in [5.74, 6) is 2.17. The minimum Gasteiger partial charge on any atom is -0.341 e. The minimum atomic E-state index is 0.0505. The molecule has 5 nitrogen and oxygen atoms in total. The van der Waals surface area contributed by atoms with Crippen LogP contribution in [-0.2, 0) is 6.42 Å². The van der Waals surface area contributed by atoms with Gasteiger partial charge in [-0.1, -0.05) is 37.3 Å². The first-order valence-electron chi connectivity index (χ1n) is 10.6. The summed E-state index contributed by atoms with van der Waals surface area (Å²) >= 11 is 0. The number of anilines is 1. The van der Waals surface area contributed by atoms with Crippen LogP contribution >= 0.6 is 0 Å². The molecule has 3 heterocycles. The zero-order chi connectivity index (χ0) is 19.3. The largest absolute Gasteiger partial charge is 0.341 e. The molecule has 0 aliphatic carbocycles. The third-order valence-corrected chi connectivity index (χ3v) is 6.20. The fraction of sp³-hybridized carbons (Fsp3) is 0.522. The molecule has 5 heteroatoms. The molecule has 28 heavy (non-hydrogen) atoms. The van der Waals surface area contributed by atoms with E-state index in [-0.39, 0.29) is 5.91 Å². The number of nitrogens with zero attached hydrogens (tertiary/aromatic N) is 4. The lowest BCUT2D eigenvalue weighted by Crippen LogP contribution is -2.39. The van der Waals surface area contributed by atoms with Gasteiger partial charge in [0.05, 0.1) is 0 Å². The number of hydrogen-bond donors (Lipinski definition) is 0. The van der Waals surface area contributed by atoms with Gasteiger partial charge < -0.3 is 9.80 Å². The molecule has 0 radical (unpaired) electrons. The minimum absolute atomic E-state index is 0.0505. The molecular formula is C23H30N4O. The van der Waals surface area contributed by atoms with Crippen LogP contribution in [0.5, 0.6) is 0 Å². The Morgan fingerprint density at radius 3 is 2.43 bits per heavy atom. The topological polar surface area (TPSA) is 49.3 Å². The first-order valence-corrected chi connectivity index (χ1v) is 10.6. The van der Waals surface area contributed by atoms with Crippen molar-refractivity contribution < 1.29 is 4.79 Å². The van der Waals surface area contributed by atoms with Gasteiger partial charge >= 0.3 is 0 Å². The van der Waals surface area contributed by atoms with Crippen LogP contribution in [0.3, 0.4) is 0 Å². The van der Waals surface area contributed by atoms with Gasteiger partial charge in [-0.3, -0.25) is 4.79 Å². The van der Waals surface area contributed by atoms with Gasteiger partial charge in [0.15, 0.2) is 0 Å². The highest BCUT2D eigenvalue weighted by atomic mass is 16.2. The van der Waals surface area contributed by atoms with Crippen LogP contribution in [0.4, 0.5) is 5.95 Å². The van der Waals surface area contributed by atoms with Crippen molar-refractivity contribution in [2.75, 3.05) is 31.1 Å². The number of piperidine rings is 2. The van der Waals surface area contributed by atoms with Gasteiger partial charge in [0.1, 0.15) is 5.69 Å². The van der Waals surface area contributed by atoms with E-state index in [1.54, 1.807) is 12.3 Å². The van der Waals surface area contributed by atoms with E-state index in [4.69, 9.17) is 0 Å². The van der Waals surface area contributed by atoms with E-state index in [0.717, 1.165) is 58.3 Å². The number of carbonyl (C=O) groups excluding carboxylic acids is 1. The lowest BCUT2D eigenvalue weighted by molar-refractivity contribution is 0.0691. The van der Waals surface area contributed by atoms with Crippen LogP contribution in [0.1, 0.15) is 48.7 Å². The highest BCUT2D eigenvalue weighted by molar-refractivity contribution is 5.92. The van der Waals surface area contributed by atoms with Crippen molar-refractivity contribution in [2.45, 2.75) is 39.0 Å². The molecule has 2 saturated heterocycles. The summed E-state index contributed by atoms with van der Waals surface area (Å²) in [6.45, 7) is 5.84. The Morgan fingerprint density at radius 1 is 1.00 bits per heavy atom. The molecule has 1 aromatic heterocycles. The number of likely N-dealkylation sites (tertiary alicyclic amines) is 1. The molecule has 1 aromatic carbocycles. The SMILES string of the molecule is CC1CCN(C(=O)c2ccnc(N3CCC(Cc4ccccc4)CC3)n2)CC1. The van der Waals surface area contributed by atoms with Crippen LogP contribution < -0.4 is 4.90 Å². The fourth-order valence-electron chi connectivity index (χ4n) is 4.28. The third kappa shape index (κ3) is 4.51. The quantitative estimate of drug-likeness (QED) is 0.812. The summed E-state index contributed by atoms with van der Waals surface area (Å²) in [5, 5.41) is 0. The Labute approximate surface area is 167 Å². The molecule has 2 aliphatic heterocycles. The second kappa shape index (κ2) is 8.72. The Balaban J connectivity index is 1.35. The highest BCUT2D eigenvalue weighted by Gasteiger charge is 2.25. The van der Waals surface area contributed by atoms with Gasteiger partial charge in [-0.25, -0.2) is 9.97 Å². The van der Waals surface area contributed by atoms with Crippen molar-refractivity contribution in [2.24, 2.45) is 11.8 Å². The molecule has 1 amide bonds. The summed E-state index contributed by atoms with van der Waals surface area (Å²) in [5.41, 5.74) is 1.95. The second-order valence-corrected chi connectivity index (χ2v) is 8.34. The zero-order valence-corrected chi connectivity index (χ0v) is 16.8. The van der Waals surface area contributed by atoms with E-state index in [0.29, 0.717) is 23.5 Å². The third-order valence-electron chi connectivity index (χ3n) is 6.20. The van der Waals surface area contributed by atoms with Gasteiger partial charge in [0.25, 0.3) is 5.91 Å². The van der Waals surface area contributed by atoms with Crippen LogP contribution in [0.25, 0.3) is 0 Å². The average Bonchev–Trinajstić information content (AvgIpc) is 2.75. The Hall–Kier alpha value is -2.43. The van der Waals surface area contributed by atoms with Gasteiger partial charge in [-0.05, 0) is 55.6 Å². The van der Waals surface area contributed by atoms with E-state index in [9.17, 15) is 4.79 Å². The van der Waals surface area contributed by atoms with E-state index < -0.39 is 0 Å². The first-order chi connectivity index (χ1) is 13.7. The van der Waals surface area contributed by atoms with Gasteiger partial charge in [0.2, 0.25) is 5.95 Å². The molecule has 2 aliphatic rings. The molecule has 148 valence electrons. The van der Waals surface area contributed by atoms with E-state index in [1.807, 2.05) is 4.90 Å². The van der Waals surface area contributed by atoms with Crippen molar-refractivity contribution >= 4 is 11.9 Å². The lowest BCUT2D eigenvalue weighted by Gasteiger charge is -2.32. The molecule has 2 fully saturated rings. The van der Waals surface area contributed by atoms with E-state index in [1.165, 1.54) is 5.56 Å². The van der Waals surface area contributed by atoms with Crippen LogP contribution in [0.2, 0.25) is 0 Å². The predicted octanol–water partition coefficient (Wildman–Crippen LogP) is 3.81. The van der Waals surface area contributed by atoms with Crippen molar-refractivity contribution in [3.05, 3.63) is 53.9 Å². The van der Waals surface area contributed by atoms with Crippen LogP contribution in [0, 0.1) is 11.8 Å². The van der Waals surface area contributed by atoms with Crippen molar-refractivity contribution in [1.29, 1.82) is 0 Å². The number of amides is 1. The molecule has 0 N–H and O–H groups in total. The number of hydrogen-bond acceptors (Lipinski definition) is 4. The van der Waals surface area contributed by atoms with E-state index in [2.05, 4.69) is 52.1 Å². The molecular weight excluding hydrogens is 348 g/mol. The second-order valence-electron chi connectivity index (χ2n) is 8.34. The summed E-state index contributed by atoms with van der Waals surface area (Å²) in [6.07, 6.45) is 7.32. The number of carbonyl (C=O) groups is 1. The van der Waals surface area contributed by atoms with Gasteiger partial charge in [-0.2, -0.15) is 0 Å². The Kier molecular flexibility index (Phi) is 5.89. The Bertz CT molecular complexity index is 778. The smallest absolute Gasteiger partial charge is 0.272 e. The first kappa shape index (κ1) is 18.9. The summed E-state index contributed by atoms with van der Waals surface area (Å²) in [7, 11) is 0. The molecule has 2 aromatic rings.